The predicted molar refractivity (Wildman–Crippen MR) is 50.8 cm³/mol. The van der Waals surface area contributed by atoms with Gasteiger partial charge < -0.3 is 10.1 Å². The van der Waals surface area contributed by atoms with Crippen molar-refractivity contribution in [3.05, 3.63) is 32.7 Å². The van der Waals surface area contributed by atoms with Crippen LogP contribution in [0.15, 0.2) is 4.79 Å². The average molecular weight is 193 g/mol. The van der Waals surface area contributed by atoms with Crippen LogP contribution in [0.25, 0.3) is 0 Å². The van der Waals surface area contributed by atoms with Crippen molar-refractivity contribution < 1.29 is 9.90 Å². The summed E-state index contributed by atoms with van der Waals surface area (Å²) < 4.78 is 0. The molecule has 0 bridgehead atoms. The first-order valence-electron chi connectivity index (χ1n) is 4.59. The Labute approximate surface area is 80.6 Å². The first-order valence-corrected chi connectivity index (χ1v) is 4.59. The van der Waals surface area contributed by atoms with Crippen molar-refractivity contribution >= 4 is 5.97 Å². The first kappa shape index (κ1) is 8.99. The molecule has 0 aromatic carbocycles. The van der Waals surface area contributed by atoms with E-state index < -0.39 is 11.5 Å². The van der Waals surface area contributed by atoms with Gasteiger partial charge in [-0.25, -0.2) is 4.79 Å². The fourth-order valence-corrected chi connectivity index (χ4v) is 2.07. The fraction of sp³-hybridized carbons (Fsp3) is 0.400. The van der Waals surface area contributed by atoms with Crippen LogP contribution in [0.2, 0.25) is 0 Å². The number of hydrogen-bond acceptors (Lipinski definition) is 2. The molecule has 1 aliphatic carbocycles. The van der Waals surface area contributed by atoms with Gasteiger partial charge >= 0.3 is 5.97 Å². The summed E-state index contributed by atoms with van der Waals surface area (Å²) in [5.74, 6) is -1.14. The van der Waals surface area contributed by atoms with Crippen LogP contribution >= 0.6 is 0 Å². The van der Waals surface area contributed by atoms with Gasteiger partial charge in [-0.2, -0.15) is 0 Å². The van der Waals surface area contributed by atoms with Crippen LogP contribution < -0.4 is 5.56 Å². The lowest BCUT2D eigenvalue weighted by atomic mass is 10.0. The molecule has 0 spiro atoms. The molecule has 0 saturated carbocycles. The van der Waals surface area contributed by atoms with Gasteiger partial charge in [-0.3, -0.25) is 4.79 Å². The third-order valence-corrected chi connectivity index (χ3v) is 2.75. The normalized spacial score (nSPS) is 14.1. The summed E-state index contributed by atoms with van der Waals surface area (Å²) in [5, 5.41) is 8.86. The van der Waals surface area contributed by atoms with Crippen molar-refractivity contribution in [3.8, 4) is 0 Å². The number of pyridine rings is 1. The van der Waals surface area contributed by atoms with Crippen LogP contribution in [0.5, 0.6) is 0 Å². The molecule has 1 aromatic rings. The Bertz CT molecular complexity index is 459. The Morgan fingerprint density at radius 2 is 2.14 bits per heavy atom. The van der Waals surface area contributed by atoms with Crippen molar-refractivity contribution in [1.29, 1.82) is 0 Å². The summed E-state index contributed by atoms with van der Waals surface area (Å²) in [6, 6.07) is 0. The molecule has 0 saturated heterocycles. The first-order chi connectivity index (χ1) is 6.61. The Balaban J connectivity index is 2.75. The summed E-state index contributed by atoms with van der Waals surface area (Å²) >= 11 is 0. The lowest BCUT2D eigenvalue weighted by Gasteiger charge is -2.06. The zero-order valence-electron chi connectivity index (χ0n) is 7.89. The number of carboxylic acids is 1. The number of fused-ring (bicyclic) bond motifs is 1. The van der Waals surface area contributed by atoms with Gasteiger partial charge in [-0.05, 0) is 37.3 Å². The minimum absolute atomic E-state index is 0.106. The van der Waals surface area contributed by atoms with Crippen LogP contribution in [0, 0.1) is 6.92 Å². The number of aromatic amines is 1. The summed E-state index contributed by atoms with van der Waals surface area (Å²) in [5.41, 5.74) is 1.98. The topological polar surface area (TPSA) is 70.2 Å². The lowest BCUT2D eigenvalue weighted by Crippen LogP contribution is -2.21. The van der Waals surface area contributed by atoms with Crippen molar-refractivity contribution in [1.82, 2.24) is 4.98 Å². The van der Waals surface area contributed by atoms with Gasteiger partial charge in [0, 0.05) is 5.69 Å². The molecule has 0 amide bonds. The number of aromatic nitrogens is 1. The zero-order valence-corrected chi connectivity index (χ0v) is 7.89. The van der Waals surface area contributed by atoms with Crippen LogP contribution in [0.3, 0.4) is 0 Å². The van der Waals surface area contributed by atoms with Crippen LogP contribution in [0.4, 0.5) is 0 Å². The SMILES string of the molecule is Cc1c2c([nH]c(=O)c1C(=O)O)CCC2. The lowest BCUT2D eigenvalue weighted by molar-refractivity contribution is 0.0694. The summed E-state index contributed by atoms with van der Waals surface area (Å²) in [7, 11) is 0. The highest BCUT2D eigenvalue weighted by molar-refractivity contribution is 5.89. The van der Waals surface area contributed by atoms with E-state index in [2.05, 4.69) is 4.98 Å². The minimum atomic E-state index is -1.14. The van der Waals surface area contributed by atoms with E-state index in [4.69, 9.17) is 5.11 Å². The maximum Gasteiger partial charge on any atom is 0.341 e. The number of carbonyl (C=O) groups is 1. The second-order valence-corrected chi connectivity index (χ2v) is 3.57. The van der Waals surface area contributed by atoms with Crippen LogP contribution in [-0.4, -0.2) is 16.1 Å². The van der Waals surface area contributed by atoms with E-state index in [0.717, 1.165) is 30.5 Å². The minimum Gasteiger partial charge on any atom is -0.477 e. The number of carboxylic acid groups (broad SMARTS) is 1. The number of H-pyrrole nitrogens is 1. The summed E-state index contributed by atoms with van der Waals surface area (Å²) in [4.78, 5) is 24.9. The van der Waals surface area contributed by atoms with Crippen LogP contribution in [0.1, 0.15) is 33.6 Å². The Morgan fingerprint density at radius 1 is 1.43 bits per heavy atom. The van der Waals surface area contributed by atoms with Gasteiger partial charge in [0.15, 0.2) is 0 Å². The molecule has 1 heterocycles. The van der Waals surface area contributed by atoms with Gasteiger partial charge in [-0.1, -0.05) is 0 Å². The molecule has 4 heteroatoms. The standard InChI is InChI=1S/C10H11NO3/c1-5-6-3-2-4-7(6)11-9(12)8(5)10(13)14/h2-4H2,1H3,(H,11,12)(H,13,14). The maximum absolute atomic E-state index is 11.4. The highest BCUT2D eigenvalue weighted by Gasteiger charge is 2.21. The highest BCUT2D eigenvalue weighted by atomic mass is 16.4. The van der Waals surface area contributed by atoms with E-state index in [1.807, 2.05) is 0 Å². The molecule has 1 aromatic heterocycles. The largest absolute Gasteiger partial charge is 0.477 e. The van der Waals surface area contributed by atoms with E-state index in [-0.39, 0.29) is 5.56 Å². The number of aryl methyl sites for hydroxylation is 1. The summed E-state index contributed by atoms with van der Waals surface area (Å²) in [6.07, 6.45) is 2.72. The molecule has 0 fully saturated rings. The molecule has 0 aliphatic heterocycles. The van der Waals surface area contributed by atoms with Gasteiger partial charge in [-0.15, -0.1) is 0 Å². The van der Waals surface area contributed by atoms with Crippen molar-refractivity contribution in [2.75, 3.05) is 0 Å². The third-order valence-electron chi connectivity index (χ3n) is 2.75. The van der Waals surface area contributed by atoms with Crippen molar-refractivity contribution in [2.24, 2.45) is 0 Å². The highest BCUT2D eigenvalue weighted by Crippen LogP contribution is 2.23. The number of nitrogens with one attached hydrogen (secondary N) is 1. The monoisotopic (exact) mass is 193 g/mol. The molecule has 74 valence electrons. The maximum atomic E-state index is 11.4. The third kappa shape index (κ3) is 1.14. The van der Waals surface area contributed by atoms with Crippen molar-refractivity contribution in [3.63, 3.8) is 0 Å². The zero-order chi connectivity index (χ0) is 10.3. The number of hydrogen-bond donors (Lipinski definition) is 2. The molecule has 2 rings (SSSR count). The Morgan fingerprint density at radius 3 is 2.79 bits per heavy atom. The Kier molecular flexibility index (Phi) is 1.91. The van der Waals surface area contributed by atoms with E-state index >= 15 is 0 Å². The molecule has 1 aliphatic rings. The second-order valence-electron chi connectivity index (χ2n) is 3.57. The smallest absolute Gasteiger partial charge is 0.341 e. The van der Waals surface area contributed by atoms with Crippen molar-refractivity contribution in [2.45, 2.75) is 26.2 Å². The van der Waals surface area contributed by atoms with E-state index in [9.17, 15) is 9.59 Å². The average Bonchev–Trinajstić information content (AvgIpc) is 2.50. The Hall–Kier alpha value is -1.58. The molecule has 2 N–H and O–H groups in total. The fourth-order valence-electron chi connectivity index (χ4n) is 2.07. The van der Waals surface area contributed by atoms with Gasteiger partial charge in [0.05, 0.1) is 0 Å². The molecule has 0 atom stereocenters. The van der Waals surface area contributed by atoms with Gasteiger partial charge in [0.25, 0.3) is 5.56 Å². The predicted octanol–water partition coefficient (Wildman–Crippen LogP) is 0.870. The van der Waals surface area contributed by atoms with Gasteiger partial charge in [0.2, 0.25) is 0 Å². The molecule has 0 unspecified atom stereocenters. The van der Waals surface area contributed by atoms with E-state index in [0.29, 0.717) is 5.56 Å². The molecular formula is C10H11NO3. The molecule has 14 heavy (non-hydrogen) atoms. The molecule has 0 radical (unpaired) electrons. The molecule has 4 nitrogen and oxygen atoms in total. The number of rotatable bonds is 1. The second kappa shape index (κ2) is 2.97. The summed E-state index contributed by atoms with van der Waals surface area (Å²) in [6.45, 7) is 1.71. The molecular weight excluding hydrogens is 182 g/mol. The van der Waals surface area contributed by atoms with E-state index in [1.54, 1.807) is 6.92 Å². The quantitative estimate of drug-likeness (QED) is 0.695. The van der Waals surface area contributed by atoms with Gasteiger partial charge in [0.1, 0.15) is 5.56 Å². The number of aromatic carboxylic acids is 1. The van der Waals surface area contributed by atoms with E-state index in [1.165, 1.54) is 0 Å². The van der Waals surface area contributed by atoms with Crippen LogP contribution in [-0.2, 0) is 12.8 Å².